The summed E-state index contributed by atoms with van der Waals surface area (Å²) in [5.41, 5.74) is 1.01. The minimum Gasteiger partial charge on any atom is -0.348 e. The van der Waals surface area contributed by atoms with E-state index in [4.69, 9.17) is 0 Å². The molecule has 0 aliphatic carbocycles. The quantitative estimate of drug-likeness (QED) is 0.491. The highest BCUT2D eigenvalue weighted by molar-refractivity contribution is 9.10. The van der Waals surface area contributed by atoms with Crippen LogP contribution in [0.4, 0.5) is 0 Å². The van der Waals surface area contributed by atoms with E-state index in [1.807, 2.05) is 24.3 Å². The Morgan fingerprint density at radius 2 is 1.53 bits per heavy atom. The number of carbonyl (C=O) groups is 2. The van der Waals surface area contributed by atoms with Crippen LogP contribution in [0.25, 0.3) is 10.9 Å². The average molecular weight is 461 g/mol. The number of amides is 1. The Kier molecular flexibility index (Phi) is 5.59. The third-order valence-corrected chi connectivity index (χ3v) is 5.27. The molecular weight excluding hydrogens is 444 g/mol. The molecule has 1 amide bonds. The molecular formula is C24H17BrN2O3. The van der Waals surface area contributed by atoms with E-state index in [9.17, 15) is 14.4 Å². The molecule has 0 unspecified atom stereocenters. The van der Waals surface area contributed by atoms with Crippen molar-refractivity contribution in [2.75, 3.05) is 0 Å². The summed E-state index contributed by atoms with van der Waals surface area (Å²) in [7, 11) is 0. The summed E-state index contributed by atoms with van der Waals surface area (Å²) in [6.07, 6.45) is 0. The Bertz CT molecular complexity index is 1300. The van der Waals surface area contributed by atoms with Gasteiger partial charge in [0.2, 0.25) is 0 Å². The predicted octanol–water partition coefficient (Wildman–Crippen LogP) is 4.38. The van der Waals surface area contributed by atoms with Gasteiger partial charge in [0.15, 0.2) is 0 Å². The summed E-state index contributed by atoms with van der Waals surface area (Å²) in [5, 5.41) is 3.40. The van der Waals surface area contributed by atoms with Crippen molar-refractivity contribution in [3.8, 4) is 0 Å². The number of rotatable bonds is 4. The number of hydrogen-bond acceptors (Lipinski definition) is 3. The van der Waals surface area contributed by atoms with Crippen molar-refractivity contribution >= 4 is 38.6 Å². The van der Waals surface area contributed by atoms with Crippen molar-refractivity contribution in [1.82, 2.24) is 9.88 Å². The minimum absolute atomic E-state index is 0.0740. The first-order chi connectivity index (χ1) is 14.5. The SMILES string of the molecule is O=C(NCc1ccc(Br)cc1)c1cc2ccccc2n(C(=O)c2ccccc2)c1=O. The van der Waals surface area contributed by atoms with Gasteiger partial charge in [0, 0.05) is 16.6 Å². The second-order valence-electron chi connectivity index (χ2n) is 6.74. The van der Waals surface area contributed by atoms with Gasteiger partial charge in [0.25, 0.3) is 17.4 Å². The van der Waals surface area contributed by atoms with Gasteiger partial charge < -0.3 is 5.32 Å². The van der Waals surface area contributed by atoms with Crippen LogP contribution < -0.4 is 10.9 Å². The van der Waals surface area contributed by atoms with E-state index in [-0.39, 0.29) is 12.1 Å². The normalized spacial score (nSPS) is 10.7. The number of nitrogens with one attached hydrogen (secondary N) is 1. The Morgan fingerprint density at radius 3 is 2.27 bits per heavy atom. The topological polar surface area (TPSA) is 68.2 Å². The first-order valence-electron chi connectivity index (χ1n) is 9.32. The first-order valence-corrected chi connectivity index (χ1v) is 10.1. The van der Waals surface area contributed by atoms with Crippen LogP contribution in [0.15, 0.2) is 94.2 Å². The number of para-hydroxylation sites is 1. The zero-order valence-corrected chi connectivity index (χ0v) is 17.4. The van der Waals surface area contributed by atoms with Gasteiger partial charge in [-0.15, -0.1) is 0 Å². The van der Waals surface area contributed by atoms with Crippen molar-refractivity contribution in [3.63, 3.8) is 0 Å². The minimum atomic E-state index is -0.643. The van der Waals surface area contributed by atoms with E-state index in [1.54, 1.807) is 54.6 Å². The van der Waals surface area contributed by atoms with Crippen LogP contribution in [0.2, 0.25) is 0 Å². The van der Waals surface area contributed by atoms with Crippen LogP contribution in [-0.4, -0.2) is 16.4 Å². The summed E-state index contributed by atoms with van der Waals surface area (Å²) in [6, 6.07) is 24.6. The molecule has 5 nitrogen and oxygen atoms in total. The highest BCUT2D eigenvalue weighted by atomic mass is 79.9. The van der Waals surface area contributed by atoms with Gasteiger partial charge in [0.1, 0.15) is 5.56 Å². The van der Waals surface area contributed by atoms with Gasteiger partial charge >= 0.3 is 0 Å². The van der Waals surface area contributed by atoms with Crippen molar-refractivity contribution in [1.29, 1.82) is 0 Å². The van der Waals surface area contributed by atoms with Crippen molar-refractivity contribution in [2.24, 2.45) is 0 Å². The highest BCUT2D eigenvalue weighted by Crippen LogP contribution is 2.16. The van der Waals surface area contributed by atoms with Crippen molar-refractivity contribution in [2.45, 2.75) is 6.54 Å². The van der Waals surface area contributed by atoms with Gasteiger partial charge in [-0.05, 0) is 47.3 Å². The fourth-order valence-corrected chi connectivity index (χ4v) is 3.48. The van der Waals surface area contributed by atoms with Gasteiger partial charge in [-0.3, -0.25) is 14.4 Å². The Hall–Kier alpha value is -3.51. The van der Waals surface area contributed by atoms with Gasteiger partial charge in [-0.25, -0.2) is 4.57 Å². The lowest BCUT2D eigenvalue weighted by Crippen LogP contribution is -2.35. The summed E-state index contributed by atoms with van der Waals surface area (Å²) in [5.74, 6) is -0.998. The largest absolute Gasteiger partial charge is 0.348 e. The zero-order valence-electron chi connectivity index (χ0n) is 15.8. The number of nitrogens with zero attached hydrogens (tertiary/aromatic N) is 1. The highest BCUT2D eigenvalue weighted by Gasteiger charge is 2.20. The number of carbonyl (C=O) groups excluding carboxylic acids is 2. The molecule has 0 spiro atoms. The average Bonchev–Trinajstić information content (AvgIpc) is 2.78. The second-order valence-corrected chi connectivity index (χ2v) is 7.65. The van der Waals surface area contributed by atoms with Crippen LogP contribution >= 0.6 is 15.9 Å². The molecule has 4 aromatic rings. The van der Waals surface area contributed by atoms with Crippen LogP contribution in [0.5, 0.6) is 0 Å². The smallest absolute Gasteiger partial charge is 0.270 e. The Labute approximate surface area is 181 Å². The standard InChI is InChI=1S/C24H17BrN2O3/c25-19-12-10-16(11-13-19)15-26-22(28)20-14-18-8-4-5-9-21(18)27(24(20)30)23(29)17-6-2-1-3-7-17/h1-14H,15H2,(H,26,28). The van der Waals surface area contributed by atoms with Crippen LogP contribution in [0.1, 0.15) is 26.3 Å². The van der Waals surface area contributed by atoms with E-state index in [2.05, 4.69) is 21.2 Å². The molecule has 0 saturated heterocycles. The lowest BCUT2D eigenvalue weighted by molar-refractivity contribution is 0.0946. The maximum Gasteiger partial charge on any atom is 0.270 e. The molecule has 0 bridgehead atoms. The second kappa shape index (κ2) is 8.47. The molecule has 0 atom stereocenters. The summed E-state index contributed by atoms with van der Waals surface area (Å²) in [4.78, 5) is 39.1. The van der Waals surface area contributed by atoms with Crippen molar-refractivity contribution < 1.29 is 9.59 Å². The summed E-state index contributed by atoms with van der Waals surface area (Å²) < 4.78 is 2.01. The third kappa shape index (κ3) is 3.95. The van der Waals surface area contributed by atoms with Gasteiger partial charge in [-0.2, -0.15) is 0 Å². The first kappa shape index (κ1) is 19.8. The fraction of sp³-hybridized carbons (Fsp3) is 0.0417. The van der Waals surface area contributed by atoms with E-state index < -0.39 is 17.4 Å². The molecule has 3 aromatic carbocycles. The summed E-state index contributed by atoms with van der Waals surface area (Å²) >= 11 is 3.37. The number of benzene rings is 3. The molecule has 0 aliphatic heterocycles. The van der Waals surface area contributed by atoms with E-state index in [1.165, 1.54) is 6.07 Å². The molecule has 1 heterocycles. The Morgan fingerprint density at radius 1 is 0.867 bits per heavy atom. The molecule has 0 fully saturated rings. The molecule has 0 saturated carbocycles. The van der Waals surface area contributed by atoms with Crippen LogP contribution in [0.3, 0.4) is 0 Å². The van der Waals surface area contributed by atoms with Crippen LogP contribution in [0, 0.1) is 0 Å². The molecule has 148 valence electrons. The molecule has 1 aromatic heterocycles. The van der Waals surface area contributed by atoms with E-state index in [0.717, 1.165) is 14.6 Å². The lowest BCUT2D eigenvalue weighted by atomic mass is 10.1. The molecule has 0 radical (unpaired) electrons. The molecule has 0 aliphatic rings. The zero-order chi connectivity index (χ0) is 21.1. The number of pyridine rings is 1. The number of aromatic nitrogens is 1. The molecule has 1 N–H and O–H groups in total. The lowest BCUT2D eigenvalue weighted by Gasteiger charge is -2.12. The maximum atomic E-state index is 13.2. The molecule has 30 heavy (non-hydrogen) atoms. The molecule has 6 heteroatoms. The number of halogens is 1. The van der Waals surface area contributed by atoms with Crippen molar-refractivity contribution in [3.05, 3.63) is 116 Å². The third-order valence-electron chi connectivity index (χ3n) is 4.75. The predicted molar refractivity (Wildman–Crippen MR) is 120 cm³/mol. The fourth-order valence-electron chi connectivity index (χ4n) is 3.21. The van der Waals surface area contributed by atoms with E-state index in [0.29, 0.717) is 16.5 Å². The summed E-state index contributed by atoms with van der Waals surface area (Å²) in [6.45, 7) is 0.269. The van der Waals surface area contributed by atoms with Gasteiger partial charge in [0.05, 0.1) is 5.52 Å². The van der Waals surface area contributed by atoms with Gasteiger partial charge in [-0.1, -0.05) is 64.5 Å². The molecule has 4 rings (SSSR count). The monoisotopic (exact) mass is 460 g/mol. The van der Waals surface area contributed by atoms with Crippen LogP contribution in [-0.2, 0) is 6.54 Å². The number of hydrogen-bond donors (Lipinski definition) is 1. The number of fused-ring (bicyclic) bond motifs is 1. The van der Waals surface area contributed by atoms with E-state index >= 15 is 0 Å². The Balaban J connectivity index is 1.74. The maximum absolute atomic E-state index is 13.2.